The maximum Gasteiger partial charge on any atom is -0.0115 e. The smallest absolute Gasteiger partial charge is 0.0115 e. The van der Waals surface area contributed by atoms with Gasteiger partial charge in [-0.05, 0) is 60.2 Å². The van der Waals surface area contributed by atoms with Gasteiger partial charge in [-0.2, -0.15) is 0 Å². The molecule has 0 saturated heterocycles. The Morgan fingerprint density at radius 2 is 1.40 bits per heavy atom. The first-order chi connectivity index (χ1) is 7.16. The average molecular weight is 197 g/mol. The Labute approximate surface area is 91.9 Å². The molecule has 2 rings (SSSR count). The molecule has 0 aliphatic heterocycles. The fourth-order valence-electron chi connectivity index (χ4n) is 2.30. The molecule has 0 atom stereocenters. The zero-order valence-electron chi connectivity index (χ0n) is 9.89. The van der Waals surface area contributed by atoms with Crippen LogP contribution in [0, 0.1) is 27.2 Å². The Bertz CT molecular complexity index is 507. The maximum atomic E-state index is 2.21. The van der Waals surface area contributed by atoms with Gasteiger partial charge in [0.1, 0.15) is 0 Å². The largest absolute Gasteiger partial charge is 0.0616 e. The molecule has 0 N–H and O–H groups in total. The predicted molar refractivity (Wildman–Crippen MR) is 67.2 cm³/mol. The van der Waals surface area contributed by atoms with Gasteiger partial charge in [-0.15, -0.1) is 0 Å². The van der Waals surface area contributed by atoms with Gasteiger partial charge in [-0.25, -0.2) is 0 Å². The second-order valence-electron chi connectivity index (χ2n) is 4.12. The molecule has 0 aliphatic rings. The molecule has 0 spiro atoms. The van der Waals surface area contributed by atoms with Crippen LogP contribution in [0.3, 0.4) is 0 Å². The molecule has 0 fully saturated rings. The van der Waals surface area contributed by atoms with Crippen LogP contribution in [0.15, 0.2) is 24.3 Å². The highest BCUT2D eigenvalue weighted by Gasteiger charge is 2.09. The normalized spacial score (nSPS) is 10.9. The van der Waals surface area contributed by atoms with E-state index in [2.05, 4.69) is 58.4 Å². The van der Waals surface area contributed by atoms with E-state index >= 15 is 0 Å². The van der Waals surface area contributed by atoms with E-state index < -0.39 is 0 Å². The summed E-state index contributed by atoms with van der Waals surface area (Å²) >= 11 is 0. The molecule has 0 heteroatoms. The second-order valence-corrected chi connectivity index (χ2v) is 4.12. The van der Waals surface area contributed by atoms with Gasteiger partial charge in [0.25, 0.3) is 0 Å². The summed E-state index contributed by atoms with van der Waals surface area (Å²) in [6.45, 7) is 8.75. The van der Waals surface area contributed by atoms with Gasteiger partial charge in [0.05, 0.1) is 0 Å². The number of hydrogen-bond acceptors (Lipinski definition) is 0. The molecule has 0 heterocycles. The van der Waals surface area contributed by atoms with Crippen LogP contribution in [0.25, 0.3) is 10.8 Å². The predicted octanol–water partition coefficient (Wildman–Crippen LogP) is 4.34. The molecule has 15 heavy (non-hydrogen) atoms. The van der Waals surface area contributed by atoms with E-state index in [9.17, 15) is 0 Å². The summed E-state index contributed by atoms with van der Waals surface area (Å²) in [5.41, 5.74) is 5.62. The summed E-state index contributed by atoms with van der Waals surface area (Å²) in [6, 6.07) is 8.65. The summed E-state index contributed by atoms with van der Waals surface area (Å²) < 4.78 is 0. The zero-order chi connectivity index (χ0) is 11.0. The molecule has 0 aliphatic carbocycles. The molecule has 0 aromatic heterocycles. The average Bonchev–Trinajstić information content (AvgIpc) is 2.27. The van der Waals surface area contributed by atoms with Crippen LogP contribution in [0.2, 0.25) is 0 Å². The minimum absolute atomic E-state index is 1.38. The molecule has 77 valence electrons. The molecule has 0 unspecified atom stereocenters. The third kappa shape index (κ3) is 1.45. The summed E-state index contributed by atoms with van der Waals surface area (Å²) in [5, 5.41) is 2.76. The highest BCUT2D eigenvalue weighted by Crippen LogP contribution is 2.30. The Morgan fingerprint density at radius 3 is 2.00 bits per heavy atom. The third-order valence-electron chi connectivity index (χ3n) is 3.44. The third-order valence-corrected chi connectivity index (χ3v) is 3.44. The van der Waals surface area contributed by atoms with Crippen molar-refractivity contribution in [2.24, 2.45) is 0 Å². The van der Waals surface area contributed by atoms with Crippen molar-refractivity contribution in [1.29, 1.82) is 0 Å². The lowest BCUT2D eigenvalue weighted by molar-refractivity contribution is 1.25. The topological polar surface area (TPSA) is 0 Å². The Balaban J connectivity index is 2.98. The number of fused-ring (bicyclic) bond motifs is 1. The number of rotatable bonds is 1. The molecular formula is C15H17. The van der Waals surface area contributed by atoms with Crippen LogP contribution < -0.4 is 0 Å². The maximum absolute atomic E-state index is 2.21. The van der Waals surface area contributed by atoms with Gasteiger partial charge in [0.2, 0.25) is 0 Å². The minimum atomic E-state index is 1.38. The van der Waals surface area contributed by atoms with Crippen LogP contribution in [0.1, 0.15) is 29.2 Å². The van der Waals surface area contributed by atoms with Crippen molar-refractivity contribution in [3.8, 4) is 0 Å². The van der Waals surface area contributed by atoms with Crippen molar-refractivity contribution in [2.75, 3.05) is 0 Å². The molecule has 2 aromatic rings. The van der Waals surface area contributed by atoms with Crippen LogP contribution in [-0.4, -0.2) is 0 Å². The summed E-state index contributed by atoms with van der Waals surface area (Å²) in [5.74, 6) is 0. The monoisotopic (exact) mass is 197 g/mol. The van der Waals surface area contributed by atoms with Crippen molar-refractivity contribution in [3.05, 3.63) is 52.9 Å². The van der Waals surface area contributed by atoms with Crippen LogP contribution >= 0.6 is 0 Å². The lowest BCUT2D eigenvalue weighted by Gasteiger charge is -2.15. The van der Waals surface area contributed by atoms with Crippen molar-refractivity contribution in [3.63, 3.8) is 0 Å². The number of hydrogen-bond donors (Lipinski definition) is 0. The number of benzene rings is 2. The molecule has 0 amide bonds. The van der Waals surface area contributed by atoms with E-state index in [0.717, 1.165) is 0 Å². The van der Waals surface area contributed by atoms with E-state index in [1.165, 1.54) is 33.0 Å². The zero-order valence-corrected chi connectivity index (χ0v) is 9.89. The van der Waals surface area contributed by atoms with Gasteiger partial charge in [-0.3, -0.25) is 0 Å². The van der Waals surface area contributed by atoms with Crippen LogP contribution in [-0.2, 0) is 0 Å². The lowest BCUT2D eigenvalue weighted by atomic mass is 9.90. The number of aryl methyl sites for hydroxylation is 1. The van der Waals surface area contributed by atoms with E-state index in [1.807, 2.05) is 0 Å². The van der Waals surface area contributed by atoms with Gasteiger partial charge in [0.15, 0.2) is 0 Å². The second kappa shape index (κ2) is 3.69. The van der Waals surface area contributed by atoms with Gasteiger partial charge < -0.3 is 0 Å². The summed E-state index contributed by atoms with van der Waals surface area (Å²) in [4.78, 5) is 0. The molecule has 0 bridgehead atoms. The minimum Gasteiger partial charge on any atom is -0.0616 e. The summed E-state index contributed by atoms with van der Waals surface area (Å²) in [7, 11) is 0. The SMILES string of the molecule is C[CH]c1c(C)c(C)c(C)c2ccccc12. The summed E-state index contributed by atoms with van der Waals surface area (Å²) in [6.07, 6.45) is 2.21. The highest BCUT2D eigenvalue weighted by atomic mass is 14.1. The first-order valence-corrected chi connectivity index (χ1v) is 5.44. The van der Waals surface area contributed by atoms with Gasteiger partial charge in [0, 0.05) is 0 Å². The Morgan fingerprint density at radius 1 is 0.800 bits per heavy atom. The Hall–Kier alpha value is -1.30. The van der Waals surface area contributed by atoms with E-state index in [4.69, 9.17) is 0 Å². The van der Waals surface area contributed by atoms with Crippen molar-refractivity contribution in [2.45, 2.75) is 27.7 Å². The van der Waals surface area contributed by atoms with Crippen LogP contribution in [0.4, 0.5) is 0 Å². The van der Waals surface area contributed by atoms with Gasteiger partial charge in [-0.1, -0.05) is 31.2 Å². The van der Waals surface area contributed by atoms with Crippen molar-refractivity contribution >= 4 is 10.8 Å². The fraction of sp³-hybridized carbons (Fsp3) is 0.267. The molecule has 1 radical (unpaired) electrons. The van der Waals surface area contributed by atoms with Crippen LogP contribution in [0.5, 0.6) is 0 Å². The lowest BCUT2D eigenvalue weighted by Crippen LogP contribution is -1.95. The van der Waals surface area contributed by atoms with Crippen molar-refractivity contribution in [1.82, 2.24) is 0 Å². The first-order valence-electron chi connectivity index (χ1n) is 5.44. The van der Waals surface area contributed by atoms with E-state index in [-0.39, 0.29) is 0 Å². The molecule has 2 aromatic carbocycles. The first kappa shape index (κ1) is 10.2. The Kier molecular flexibility index (Phi) is 2.52. The van der Waals surface area contributed by atoms with Gasteiger partial charge >= 0.3 is 0 Å². The molecule has 0 saturated carbocycles. The standard InChI is InChI=1S/C15H17/c1-5-13-11(3)10(2)12(4)14-8-6-7-9-15(13)14/h5-9H,1-4H3. The van der Waals surface area contributed by atoms with Crippen molar-refractivity contribution < 1.29 is 0 Å². The van der Waals surface area contributed by atoms with E-state index in [0.29, 0.717) is 0 Å². The quantitative estimate of drug-likeness (QED) is 0.638. The van der Waals surface area contributed by atoms with E-state index in [1.54, 1.807) is 0 Å². The highest BCUT2D eigenvalue weighted by molar-refractivity contribution is 5.91. The fourth-order valence-corrected chi connectivity index (χ4v) is 2.30. The molecule has 0 nitrogen and oxygen atoms in total. The molecular weight excluding hydrogens is 180 g/mol.